The summed E-state index contributed by atoms with van der Waals surface area (Å²) >= 11 is 0. The highest BCUT2D eigenvalue weighted by atomic mass is 31.1. The first-order chi connectivity index (χ1) is 14.5. The molecule has 0 unspecified atom stereocenters. The number of aryl methyl sites for hydroxylation is 2. The van der Waals surface area contributed by atoms with E-state index in [4.69, 9.17) is 0 Å². The SMILES string of the molecule is Cc1ccc(C)c(P(C(C)(C)C)C(C)(C)C)c1-c1c(C(C)C)cc(C(C)C)cc1C(C)C. The van der Waals surface area contributed by atoms with Crippen LogP contribution in [0.2, 0.25) is 0 Å². The van der Waals surface area contributed by atoms with E-state index in [9.17, 15) is 0 Å². The highest BCUT2D eigenvalue weighted by molar-refractivity contribution is 7.69. The van der Waals surface area contributed by atoms with Crippen LogP contribution in [0, 0.1) is 13.8 Å². The zero-order valence-electron chi connectivity index (χ0n) is 23.5. The van der Waals surface area contributed by atoms with Gasteiger partial charge in [0, 0.05) is 0 Å². The fourth-order valence-corrected chi connectivity index (χ4v) is 9.61. The van der Waals surface area contributed by atoms with Gasteiger partial charge in [-0.3, -0.25) is 0 Å². The van der Waals surface area contributed by atoms with Gasteiger partial charge in [-0.2, -0.15) is 0 Å². The van der Waals surface area contributed by atoms with Crippen molar-refractivity contribution in [1.82, 2.24) is 0 Å². The first kappa shape index (κ1) is 27.1. The molecule has 0 fully saturated rings. The van der Waals surface area contributed by atoms with E-state index < -0.39 is 7.92 Å². The van der Waals surface area contributed by atoms with Gasteiger partial charge in [0.2, 0.25) is 0 Å². The van der Waals surface area contributed by atoms with Gasteiger partial charge < -0.3 is 0 Å². The summed E-state index contributed by atoms with van der Waals surface area (Å²) in [4.78, 5) is 0. The van der Waals surface area contributed by atoms with Crippen molar-refractivity contribution in [2.24, 2.45) is 0 Å². The van der Waals surface area contributed by atoms with E-state index in [1.165, 1.54) is 38.9 Å². The van der Waals surface area contributed by atoms with Crippen LogP contribution in [0.25, 0.3) is 11.1 Å². The quantitative estimate of drug-likeness (QED) is 0.396. The van der Waals surface area contributed by atoms with E-state index in [0.29, 0.717) is 17.8 Å². The van der Waals surface area contributed by atoms with Crippen molar-refractivity contribution >= 4 is 13.2 Å². The molecule has 0 spiro atoms. The molecule has 0 amide bonds. The van der Waals surface area contributed by atoms with Gasteiger partial charge in [-0.05, 0) is 86.2 Å². The van der Waals surface area contributed by atoms with E-state index in [1.54, 1.807) is 5.30 Å². The molecule has 0 nitrogen and oxygen atoms in total. The third-order valence-corrected chi connectivity index (χ3v) is 10.2. The van der Waals surface area contributed by atoms with Crippen LogP contribution in [-0.2, 0) is 0 Å². The Kier molecular flexibility index (Phi) is 8.15. The van der Waals surface area contributed by atoms with E-state index in [2.05, 4.69) is 121 Å². The minimum Gasteiger partial charge on any atom is -0.0633 e. The van der Waals surface area contributed by atoms with Crippen molar-refractivity contribution in [3.63, 3.8) is 0 Å². The number of rotatable bonds is 5. The Bertz CT molecular complexity index is 903. The lowest BCUT2D eigenvalue weighted by molar-refractivity contribution is 0.714. The molecular formula is C31H49P. The maximum atomic E-state index is 2.51. The molecule has 0 aliphatic heterocycles. The predicted molar refractivity (Wildman–Crippen MR) is 150 cm³/mol. The molecule has 0 saturated heterocycles. The van der Waals surface area contributed by atoms with Crippen LogP contribution in [0.5, 0.6) is 0 Å². The molecule has 0 atom stereocenters. The van der Waals surface area contributed by atoms with Gasteiger partial charge in [0.05, 0.1) is 0 Å². The van der Waals surface area contributed by atoms with Crippen molar-refractivity contribution in [2.75, 3.05) is 0 Å². The number of hydrogen-bond acceptors (Lipinski definition) is 0. The Hall–Kier alpha value is -1.13. The second-order valence-electron chi connectivity index (χ2n) is 12.6. The molecule has 32 heavy (non-hydrogen) atoms. The van der Waals surface area contributed by atoms with Gasteiger partial charge in [0.25, 0.3) is 0 Å². The smallest absolute Gasteiger partial charge is 0.00689 e. The van der Waals surface area contributed by atoms with E-state index in [1.807, 2.05) is 0 Å². The Morgan fingerprint density at radius 1 is 0.594 bits per heavy atom. The average Bonchev–Trinajstić information content (AvgIpc) is 2.61. The Morgan fingerprint density at radius 3 is 1.34 bits per heavy atom. The minimum absolute atomic E-state index is 0.231. The van der Waals surface area contributed by atoms with Gasteiger partial charge in [0.15, 0.2) is 0 Å². The molecule has 0 aliphatic rings. The third kappa shape index (κ3) is 5.50. The van der Waals surface area contributed by atoms with Crippen LogP contribution in [0.1, 0.15) is 129 Å². The maximum absolute atomic E-state index is 2.51. The predicted octanol–water partition coefficient (Wildman–Crippen LogP) is 10.0. The third-order valence-electron chi connectivity index (χ3n) is 6.54. The molecule has 2 aromatic rings. The molecular weight excluding hydrogens is 403 g/mol. The van der Waals surface area contributed by atoms with E-state index in [0.717, 1.165) is 0 Å². The van der Waals surface area contributed by atoms with Gasteiger partial charge >= 0.3 is 0 Å². The van der Waals surface area contributed by atoms with Crippen molar-refractivity contribution in [3.8, 4) is 11.1 Å². The summed E-state index contributed by atoms with van der Waals surface area (Å²) in [6.45, 7) is 33.5. The topological polar surface area (TPSA) is 0 Å². The summed E-state index contributed by atoms with van der Waals surface area (Å²) in [7, 11) is -0.403. The summed E-state index contributed by atoms with van der Waals surface area (Å²) in [5.74, 6) is 1.52. The number of hydrogen-bond donors (Lipinski definition) is 0. The van der Waals surface area contributed by atoms with Crippen LogP contribution in [0.15, 0.2) is 24.3 Å². The Balaban J connectivity index is 3.13. The first-order valence-electron chi connectivity index (χ1n) is 12.6. The summed E-state index contributed by atoms with van der Waals surface area (Å²) in [5.41, 5.74) is 10.5. The zero-order valence-corrected chi connectivity index (χ0v) is 24.4. The van der Waals surface area contributed by atoms with Crippen molar-refractivity contribution in [3.05, 3.63) is 52.1 Å². The average molecular weight is 453 g/mol. The summed E-state index contributed by atoms with van der Waals surface area (Å²) < 4.78 is 0. The van der Waals surface area contributed by atoms with Crippen molar-refractivity contribution in [1.29, 1.82) is 0 Å². The number of benzene rings is 2. The van der Waals surface area contributed by atoms with Crippen LogP contribution in [0.3, 0.4) is 0 Å². The van der Waals surface area contributed by atoms with Crippen LogP contribution < -0.4 is 5.30 Å². The zero-order chi connectivity index (χ0) is 24.8. The molecule has 0 heterocycles. The molecule has 2 aromatic carbocycles. The summed E-state index contributed by atoms with van der Waals surface area (Å²) in [5, 5.41) is 2.09. The normalized spacial score (nSPS) is 13.2. The summed E-state index contributed by atoms with van der Waals surface area (Å²) in [6, 6.07) is 9.75. The molecule has 0 bridgehead atoms. The second-order valence-corrected chi connectivity index (χ2v) is 16.4. The fourth-order valence-electron chi connectivity index (χ4n) is 5.32. The Morgan fingerprint density at radius 2 is 1.00 bits per heavy atom. The molecule has 0 radical (unpaired) electrons. The van der Waals surface area contributed by atoms with E-state index >= 15 is 0 Å². The largest absolute Gasteiger partial charge is 0.0633 e. The molecule has 0 aliphatic carbocycles. The highest BCUT2D eigenvalue weighted by Gasteiger charge is 2.39. The standard InChI is InChI=1S/C31H49P/c1-19(2)24-17-25(20(3)4)28(26(18-24)21(5)6)27-22(7)15-16-23(8)29(27)32(30(9,10)11)31(12,13)14/h15-21H,1-14H3. The van der Waals surface area contributed by atoms with Crippen molar-refractivity contribution in [2.45, 2.75) is 125 Å². The van der Waals surface area contributed by atoms with Crippen LogP contribution in [0.4, 0.5) is 0 Å². The highest BCUT2D eigenvalue weighted by Crippen LogP contribution is 2.60. The van der Waals surface area contributed by atoms with Crippen molar-refractivity contribution < 1.29 is 0 Å². The lowest BCUT2D eigenvalue weighted by Crippen LogP contribution is -2.33. The monoisotopic (exact) mass is 452 g/mol. The van der Waals surface area contributed by atoms with Gasteiger partial charge in [0.1, 0.15) is 0 Å². The minimum atomic E-state index is -0.403. The van der Waals surface area contributed by atoms with Gasteiger partial charge in [-0.15, -0.1) is 0 Å². The summed E-state index contributed by atoms with van der Waals surface area (Å²) in [6.07, 6.45) is 0. The fraction of sp³-hybridized carbons (Fsp3) is 0.613. The molecule has 1 heteroatoms. The van der Waals surface area contributed by atoms with Gasteiger partial charge in [-0.1, -0.05) is 115 Å². The molecule has 0 N–H and O–H groups in total. The lowest BCUT2D eigenvalue weighted by atomic mass is 9.80. The second kappa shape index (κ2) is 9.62. The van der Waals surface area contributed by atoms with Crippen LogP contribution >= 0.6 is 7.92 Å². The Labute approximate surface area is 201 Å². The van der Waals surface area contributed by atoms with Gasteiger partial charge in [-0.25, -0.2) is 0 Å². The van der Waals surface area contributed by atoms with E-state index in [-0.39, 0.29) is 10.3 Å². The maximum Gasteiger partial charge on any atom is -0.00689 e. The lowest BCUT2D eigenvalue weighted by Gasteiger charge is -2.44. The van der Waals surface area contributed by atoms with Crippen LogP contribution in [-0.4, -0.2) is 10.3 Å². The molecule has 0 saturated carbocycles. The first-order valence-corrected chi connectivity index (χ1v) is 13.9. The molecule has 178 valence electrons. The molecule has 0 aromatic heterocycles. The molecule has 2 rings (SSSR count).